The first-order valence-corrected chi connectivity index (χ1v) is 6.08. The molecular weight excluding hydrogens is 270 g/mol. The zero-order valence-electron chi connectivity index (χ0n) is 10.9. The van der Waals surface area contributed by atoms with Crippen molar-refractivity contribution in [3.63, 3.8) is 0 Å². The van der Waals surface area contributed by atoms with Crippen LogP contribution in [0, 0.1) is 11.6 Å². The number of halogens is 2. The van der Waals surface area contributed by atoms with Crippen molar-refractivity contribution in [3.8, 4) is 0 Å². The molecule has 0 spiro atoms. The molecule has 0 aliphatic rings. The summed E-state index contributed by atoms with van der Waals surface area (Å²) in [7, 11) is 1.56. The number of hydrogen-bond donors (Lipinski definition) is 1. The minimum atomic E-state index is -1.07. The Kier molecular flexibility index (Phi) is 4.29. The van der Waals surface area contributed by atoms with E-state index in [1.165, 1.54) is 4.57 Å². The number of aromatic nitrogens is 2. The maximum Gasteiger partial charge on any atom is 0.323 e. The summed E-state index contributed by atoms with van der Waals surface area (Å²) < 4.78 is 32.8. The van der Waals surface area contributed by atoms with Gasteiger partial charge in [-0.3, -0.25) is 4.79 Å². The number of aryl methyl sites for hydroxylation is 1. The molecule has 0 atom stereocenters. The third-order valence-corrected chi connectivity index (χ3v) is 2.91. The fourth-order valence-electron chi connectivity index (χ4n) is 2.05. The lowest BCUT2D eigenvalue weighted by Crippen LogP contribution is -2.12. The fraction of sp³-hybridized carbons (Fsp3) is 0.385. The van der Waals surface area contributed by atoms with E-state index in [-0.39, 0.29) is 17.6 Å². The van der Waals surface area contributed by atoms with E-state index in [9.17, 15) is 13.6 Å². The number of carboxylic acids is 1. The summed E-state index contributed by atoms with van der Waals surface area (Å²) in [4.78, 5) is 15.1. The molecule has 0 amide bonds. The van der Waals surface area contributed by atoms with Crippen LogP contribution in [-0.4, -0.2) is 34.3 Å². The van der Waals surface area contributed by atoms with Crippen LogP contribution in [0.15, 0.2) is 12.1 Å². The highest BCUT2D eigenvalue weighted by Gasteiger charge is 2.16. The molecule has 0 unspecified atom stereocenters. The van der Waals surface area contributed by atoms with Gasteiger partial charge in [0.2, 0.25) is 0 Å². The molecule has 0 fully saturated rings. The molecule has 108 valence electrons. The zero-order valence-corrected chi connectivity index (χ0v) is 10.9. The maximum absolute atomic E-state index is 13.3. The molecule has 0 aliphatic heterocycles. The Morgan fingerprint density at radius 3 is 2.75 bits per heavy atom. The number of hydrogen-bond acceptors (Lipinski definition) is 3. The zero-order chi connectivity index (χ0) is 14.7. The standard InChI is InChI=1S/C13H14F2N2O3/c1-20-4-2-3-12-16-10-5-8(14)9(15)6-11(10)17(12)7-13(18)19/h5-6H,2-4,7H2,1H3,(H,18,19). The van der Waals surface area contributed by atoms with Crippen LogP contribution in [-0.2, 0) is 22.5 Å². The third-order valence-electron chi connectivity index (χ3n) is 2.91. The van der Waals surface area contributed by atoms with Crippen molar-refractivity contribution in [1.82, 2.24) is 9.55 Å². The van der Waals surface area contributed by atoms with Crippen molar-refractivity contribution in [3.05, 3.63) is 29.6 Å². The van der Waals surface area contributed by atoms with E-state index in [2.05, 4.69) is 4.98 Å². The van der Waals surface area contributed by atoms with E-state index >= 15 is 0 Å². The second-order valence-corrected chi connectivity index (χ2v) is 4.36. The lowest BCUT2D eigenvalue weighted by atomic mass is 10.3. The lowest BCUT2D eigenvalue weighted by molar-refractivity contribution is -0.137. The van der Waals surface area contributed by atoms with Crippen LogP contribution in [0.25, 0.3) is 11.0 Å². The van der Waals surface area contributed by atoms with Gasteiger partial charge in [-0.2, -0.15) is 0 Å². The van der Waals surface area contributed by atoms with Gasteiger partial charge in [0.25, 0.3) is 0 Å². The Balaban J connectivity index is 2.45. The number of carboxylic acid groups (broad SMARTS) is 1. The molecule has 0 bridgehead atoms. The van der Waals surface area contributed by atoms with Crippen LogP contribution < -0.4 is 0 Å². The van der Waals surface area contributed by atoms with Crippen LogP contribution in [0.1, 0.15) is 12.2 Å². The second kappa shape index (κ2) is 5.96. The monoisotopic (exact) mass is 284 g/mol. The second-order valence-electron chi connectivity index (χ2n) is 4.36. The number of methoxy groups -OCH3 is 1. The molecule has 0 radical (unpaired) electrons. The number of benzene rings is 1. The van der Waals surface area contributed by atoms with Gasteiger partial charge < -0.3 is 14.4 Å². The van der Waals surface area contributed by atoms with E-state index in [1.807, 2.05) is 0 Å². The molecule has 0 saturated heterocycles. The van der Waals surface area contributed by atoms with Gasteiger partial charge in [-0.1, -0.05) is 0 Å². The number of aliphatic carboxylic acids is 1. The van der Waals surface area contributed by atoms with Gasteiger partial charge in [-0.05, 0) is 6.42 Å². The average Bonchev–Trinajstić information content (AvgIpc) is 2.68. The number of ether oxygens (including phenoxy) is 1. The van der Waals surface area contributed by atoms with E-state index in [1.54, 1.807) is 7.11 Å². The quantitative estimate of drug-likeness (QED) is 0.824. The van der Waals surface area contributed by atoms with Crippen LogP contribution in [0.3, 0.4) is 0 Å². The maximum atomic E-state index is 13.3. The summed E-state index contributed by atoms with van der Waals surface area (Å²) in [5, 5.41) is 8.92. The Morgan fingerprint density at radius 2 is 2.10 bits per heavy atom. The lowest BCUT2D eigenvalue weighted by Gasteiger charge is -2.06. The van der Waals surface area contributed by atoms with Crippen LogP contribution in [0.5, 0.6) is 0 Å². The van der Waals surface area contributed by atoms with Gasteiger partial charge in [-0.15, -0.1) is 0 Å². The Hall–Kier alpha value is -2.02. The molecule has 0 aliphatic carbocycles. The first-order chi connectivity index (χ1) is 9.52. The van der Waals surface area contributed by atoms with Crippen molar-refractivity contribution in [2.75, 3.05) is 13.7 Å². The molecule has 2 aromatic rings. The number of carbonyl (C=O) groups is 1. The molecule has 1 N–H and O–H groups in total. The van der Waals surface area contributed by atoms with E-state index in [0.717, 1.165) is 12.1 Å². The minimum absolute atomic E-state index is 0.248. The SMILES string of the molecule is COCCCc1nc2cc(F)c(F)cc2n1CC(=O)O. The van der Waals surface area contributed by atoms with Crippen molar-refractivity contribution in [2.24, 2.45) is 0 Å². The molecule has 2 rings (SSSR count). The summed E-state index contributed by atoms with van der Waals surface area (Å²) in [6.45, 7) is 0.156. The fourth-order valence-corrected chi connectivity index (χ4v) is 2.05. The molecule has 1 aromatic carbocycles. The van der Waals surface area contributed by atoms with Crippen molar-refractivity contribution < 1.29 is 23.4 Å². The normalized spacial score (nSPS) is 11.2. The van der Waals surface area contributed by atoms with Gasteiger partial charge >= 0.3 is 5.97 Å². The number of imidazole rings is 1. The molecule has 7 heteroatoms. The van der Waals surface area contributed by atoms with Crippen molar-refractivity contribution in [2.45, 2.75) is 19.4 Å². The van der Waals surface area contributed by atoms with Gasteiger partial charge in [0.05, 0.1) is 11.0 Å². The smallest absolute Gasteiger partial charge is 0.323 e. The molecule has 1 aromatic heterocycles. The van der Waals surface area contributed by atoms with E-state index < -0.39 is 17.6 Å². The van der Waals surface area contributed by atoms with Crippen molar-refractivity contribution >= 4 is 17.0 Å². The summed E-state index contributed by atoms with van der Waals surface area (Å²) in [6.07, 6.45) is 1.11. The Morgan fingerprint density at radius 1 is 1.40 bits per heavy atom. The van der Waals surface area contributed by atoms with Gasteiger partial charge in [-0.25, -0.2) is 13.8 Å². The molecule has 1 heterocycles. The summed E-state index contributed by atoms with van der Waals surface area (Å²) in [5.74, 6) is -2.61. The highest BCUT2D eigenvalue weighted by Crippen LogP contribution is 2.21. The number of fused-ring (bicyclic) bond motifs is 1. The van der Waals surface area contributed by atoms with Crippen LogP contribution in [0.4, 0.5) is 8.78 Å². The summed E-state index contributed by atoms with van der Waals surface area (Å²) in [5.41, 5.74) is 0.524. The van der Waals surface area contributed by atoms with E-state index in [4.69, 9.17) is 9.84 Å². The topological polar surface area (TPSA) is 64.4 Å². The minimum Gasteiger partial charge on any atom is -0.480 e. The third kappa shape index (κ3) is 2.93. The van der Waals surface area contributed by atoms with Crippen LogP contribution in [0.2, 0.25) is 0 Å². The summed E-state index contributed by atoms with van der Waals surface area (Å²) >= 11 is 0. The molecule has 20 heavy (non-hydrogen) atoms. The van der Waals surface area contributed by atoms with E-state index in [0.29, 0.717) is 25.3 Å². The Labute approximate surface area is 113 Å². The number of rotatable bonds is 6. The Bertz CT molecular complexity index is 640. The van der Waals surface area contributed by atoms with Crippen LogP contribution >= 0.6 is 0 Å². The average molecular weight is 284 g/mol. The number of nitrogens with zero attached hydrogens (tertiary/aromatic N) is 2. The van der Waals surface area contributed by atoms with Gasteiger partial charge in [0, 0.05) is 32.3 Å². The predicted octanol–water partition coefficient (Wildman–Crippen LogP) is 1.98. The van der Waals surface area contributed by atoms with Crippen molar-refractivity contribution in [1.29, 1.82) is 0 Å². The largest absolute Gasteiger partial charge is 0.480 e. The molecule has 0 saturated carbocycles. The first kappa shape index (κ1) is 14.4. The molecular formula is C13H14F2N2O3. The summed E-state index contributed by atoms with van der Waals surface area (Å²) in [6, 6.07) is 1.95. The first-order valence-electron chi connectivity index (χ1n) is 6.08. The van der Waals surface area contributed by atoms with Gasteiger partial charge in [0.15, 0.2) is 11.6 Å². The van der Waals surface area contributed by atoms with Gasteiger partial charge in [0.1, 0.15) is 12.4 Å². The highest BCUT2D eigenvalue weighted by atomic mass is 19.2. The highest BCUT2D eigenvalue weighted by molar-refractivity contribution is 5.78. The predicted molar refractivity (Wildman–Crippen MR) is 67.5 cm³/mol. The molecule has 5 nitrogen and oxygen atoms in total.